The summed E-state index contributed by atoms with van der Waals surface area (Å²) in [4.78, 5) is 11.4. The highest BCUT2D eigenvalue weighted by molar-refractivity contribution is 6.32. The van der Waals surface area contributed by atoms with Gasteiger partial charge in [0, 0.05) is 12.6 Å². The first kappa shape index (κ1) is 14.8. The van der Waals surface area contributed by atoms with E-state index in [9.17, 15) is 4.79 Å². The fraction of sp³-hybridized carbons (Fsp3) is 0.462. The van der Waals surface area contributed by atoms with Gasteiger partial charge in [0.1, 0.15) is 5.75 Å². The van der Waals surface area contributed by atoms with Crippen LogP contribution in [0.5, 0.6) is 5.75 Å². The van der Waals surface area contributed by atoms with E-state index in [2.05, 4.69) is 10.6 Å². The molecule has 1 aromatic carbocycles. The smallest absolute Gasteiger partial charge is 0.258 e. The highest BCUT2D eigenvalue weighted by atomic mass is 35.5. The summed E-state index contributed by atoms with van der Waals surface area (Å²) >= 11 is 6.07. The fourth-order valence-electron chi connectivity index (χ4n) is 1.48. The van der Waals surface area contributed by atoms with Gasteiger partial charge in [-0.3, -0.25) is 4.79 Å². The quantitative estimate of drug-likeness (QED) is 0.831. The van der Waals surface area contributed by atoms with Gasteiger partial charge in [0.15, 0.2) is 6.61 Å². The maximum Gasteiger partial charge on any atom is 0.258 e. The number of amides is 1. The summed E-state index contributed by atoms with van der Waals surface area (Å²) in [7, 11) is 1.87. The topological polar surface area (TPSA) is 50.4 Å². The molecule has 0 fully saturated rings. The van der Waals surface area contributed by atoms with Gasteiger partial charge in [0.2, 0.25) is 0 Å². The molecule has 0 aliphatic heterocycles. The molecule has 0 aliphatic rings. The molecule has 0 bridgehead atoms. The van der Waals surface area contributed by atoms with E-state index in [0.29, 0.717) is 10.8 Å². The van der Waals surface area contributed by atoms with Gasteiger partial charge in [-0.05, 0) is 38.6 Å². The number of carbonyl (C=O) groups is 1. The number of benzene rings is 1. The summed E-state index contributed by atoms with van der Waals surface area (Å²) in [5, 5.41) is 6.30. The Morgan fingerprint density at radius 2 is 2.17 bits per heavy atom. The molecule has 18 heavy (non-hydrogen) atoms. The van der Waals surface area contributed by atoms with Crippen LogP contribution in [0.2, 0.25) is 5.02 Å². The number of halogens is 1. The number of ether oxygens (including phenoxy) is 1. The van der Waals surface area contributed by atoms with Crippen molar-refractivity contribution in [1.82, 2.24) is 10.6 Å². The van der Waals surface area contributed by atoms with E-state index in [1.54, 1.807) is 6.07 Å². The lowest BCUT2D eigenvalue weighted by molar-refractivity contribution is -0.123. The zero-order valence-electron chi connectivity index (χ0n) is 10.9. The van der Waals surface area contributed by atoms with Gasteiger partial charge in [-0.25, -0.2) is 0 Å². The molecule has 0 aliphatic carbocycles. The first-order valence-electron chi connectivity index (χ1n) is 5.88. The highest BCUT2D eigenvalue weighted by Crippen LogP contribution is 2.25. The average molecular weight is 271 g/mol. The Hall–Kier alpha value is -1.26. The Morgan fingerprint density at radius 1 is 1.44 bits per heavy atom. The molecule has 0 saturated carbocycles. The standard InChI is InChI=1S/C13H19ClN2O2/c1-9(2)16-13(17)8-18-12-5-4-10(7-15-3)6-11(12)14/h4-6,9,15H,7-8H2,1-3H3,(H,16,17). The molecule has 1 amide bonds. The van der Waals surface area contributed by atoms with E-state index < -0.39 is 0 Å². The molecular weight excluding hydrogens is 252 g/mol. The van der Waals surface area contributed by atoms with Crippen LogP contribution in [-0.4, -0.2) is 25.6 Å². The van der Waals surface area contributed by atoms with Crippen molar-refractivity contribution in [2.75, 3.05) is 13.7 Å². The first-order chi connectivity index (χ1) is 8.52. The van der Waals surface area contributed by atoms with Gasteiger partial charge in [-0.1, -0.05) is 17.7 Å². The molecule has 0 spiro atoms. The van der Waals surface area contributed by atoms with Gasteiger partial charge in [0.05, 0.1) is 5.02 Å². The van der Waals surface area contributed by atoms with Crippen molar-refractivity contribution in [3.05, 3.63) is 28.8 Å². The molecule has 4 nitrogen and oxygen atoms in total. The molecule has 0 unspecified atom stereocenters. The first-order valence-corrected chi connectivity index (χ1v) is 6.26. The van der Waals surface area contributed by atoms with Crippen molar-refractivity contribution >= 4 is 17.5 Å². The SMILES string of the molecule is CNCc1ccc(OCC(=O)NC(C)C)c(Cl)c1. The predicted molar refractivity (Wildman–Crippen MR) is 73.0 cm³/mol. The van der Waals surface area contributed by atoms with E-state index in [1.807, 2.05) is 33.0 Å². The average Bonchev–Trinajstić information content (AvgIpc) is 2.27. The molecule has 1 aromatic rings. The molecule has 100 valence electrons. The Morgan fingerprint density at radius 3 is 2.72 bits per heavy atom. The highest BCUT2D eigenvalue weighted by Gasteiger charge is 2.07. The summed E-state index contributed by atoms with van der Waals surface area (Å²) in [6, 6.07) is 5.62. The second-order valence-corrected chi connectivity index (χ2v) is 4.71. The normalized spacial score (nSPS) is 10.5. The van der Waals surface area contributed by atoms with Gasteiger partial charge < -0.3 is 15.4 Å². The summed E-state index contributed by atoms with van der Waals surface area (Å²) in [5.74, 6) is 0.371. The van der Waals surface area contributed by atoms with Gasteiger partial charge >= 0.3 is 0 Å². The number of hydrogen-bond donors (Lipinski definition) is 2. The van der Waals surface area contributed by atoms with Crippen molar-refractivity contribution in [3.63, 3.8) is 0 Å². The zero-order valence-corrected chi connectivity index (χ0v) is 11.7. The summed E-state index contributed by atoms with van der Waals surface area (Å²) < 4.78 is 5.37. The van der Waals surface area contributed by atoms with Gasteiger partial charge in [-0.2, -0.15) is 0 Å². The summed E-state index contributed by atoms with van der Waals surface area (Å²) in [6.45, 7) is 4.52. The minimum absolute atomic E-state index is 0.0245. The fourth-order valence-corrected chi connectivity index (χ4v) is 1.74. The van der Waals surface area contributed by atoms with Crippen LogP contribution in [0.15, 0.2) is 18.2 Å². The molecule has 0 atom stereocenters. The van der Waals surface area contributed by atoms with Crippen LogP contribution in [0, 0.1) is 0 Å². The van der Waals surface area contributed by atoms with Crippen LogP contribution < -0.4 is 15.4 Å². The third-order valence-electron chi connectivity index (χ3n) is 2.19. The summed E-state index contributed by atoms with van der Waals surface area (Å²) in [6.07, 6.45) is 0. The minimum atomic E-state index is -0.152. The largest absolute Gasteiger partial charge is 0.482 e. The second kappa shape index (κ2) is 7.24. The number of carbonyl (C=O) groups excluding carboxylic acids is 1. The lowest BCUT2D eigenvalue weighted by atomic mass is 10.2. The molecular formula is C13H19ClN2O2. The van der Waals surface area contributed by atoms with Gasteiger partial charge in [0.25, 0.3) is 5.91 Å². The number of rotatable bonds is 6. The van der Waals surface area contributed by atoms with Crippen LogP contribution >= 0.6 is 11.6 Å². The maximum atomic E-state index is 11.4. The van der Waals surface area contributed by atoms with Crippen molar-refractivity contribution in [2.45, 2.75) is 26.4 Å². The van der Waals surface area contributed by atoms with Gasteiger partial charge in [-0.15, -0.1) is 0 Å². The summed E-state index contributed by atoms with van der Waals surface area (Å²) in [5.41, 5.74) is 1.07. The van der Waals surface area contributed by atoms with Crippen LogP contribution in [0.3, 0.4) is 0 Å². The Balaban J connectivity index is 2.55. The van der Waals surface area contributed by atoms with Crippen LogP contribution in [-0.2, 0) is 11.3 Å². The lowest BCUT2D eigenvalue weighted by Crippen LogP contribution is -2.34. The predicted octanol–water partition coefficient (Wildman–Crippen LogP) is 1.96. The molecule has 0 aromatic heterocycles. The van der Waals surface area contributed by atoms with E-state index in [4.69, 9.17) is 16.3 Å². The minimum Gasteiger partial charge on any atom is -0.482 e. The number of nitrogens with one attached hydrogen (secondary N) is 2. The molecule has 2 N–H and O–H groups in total. The lowest BCUT2D eigenvalue weighted by Gasteiger charge is -2.11. The zero-order chi connectivity index (χ0) is 13.5. The van der Waals surface area contributed by atoms with Crippen molar-refractivity contribution < 1.29 is 9.53 Å². The van der Waals surface area contributed by atoms with Crippen LogP contribution in [0.1, 0.15) is 19.4 Å². The van der Waals surface area contributed by atoms with Crippen LogP contribution in [0.25, 0.3) is 0 Å². The monoisotopic (exact) mass is 270 g/mol. The van der Waals surface area contributed by atoms with E-state index in [-0.39, 0.29) is 18.6 Å². The second-order valence-electron chi connectivity index (χ2n) is 4.31. The van der Waals surface area contributed by atoms with E-state index in [0.717, 1.165) is 12.1 Å². The third kappa shape index (κ3) is 4.94. The Kier molecular flexibility index (Phi) is 5.95. The number of hydrogen-bond acceptors (Lipinski definition) is 3. The van der Waals surface area contributed by atoms with Crippen molar-refractivity contribution in [2.24, 2.45) is 0 Å². The Labute approximate surface area is 113 Å². The van der Waals surface area contributed by atoms with E-state index >= 15 is 0 Å². The maximum absolute atomic E-state index is 11.4. The van der Waals surface area contributed by atoms with E-state index in [1.165, 1.54) is 0 Å². The van der Waals surface area contributed by atoms with Crippen molar-refractivity contribution in [1.29, 1.82) is 0 Å². The molecule has 0 saturated heterocycles. The molecule has 1 rings (SSSR count). The van der Waals surface area contributed by atoms with Crippen molar-refractivity contribution in [3.8, 4) is 5.75 Å². The molecule has 0 heterocycles. The third-order valence-corrected chi connectivity index (χ3v) is 2.48. The van der Waals surface area contributed by atoms with Crippen LogP contribution in [0.4, 0.5) is 0 Å². The Bertz CT molecular complexity index is 408. The molecule has 0 radical (unpaired) electrons. The molecule has 5 heteroatoms.